The van der Waals surface area contributed by atoms with Crippen molar-refractivity contribution in [2.45, 2.75) is 52.2 Å². The average molecular weight is 495 g/mol. The summed E-state index contributed by atoms with van der Waals surface area (Å²) >= 11 is 0. The Kier molecular flexibility index (Phi) is 7.95. The number of rotatable bonds is 7. The molecule has 36 heavy (non-hydrogen) atoms. The van der Waals surface area contributed by atoms with E-state index in [4.69, 9.17) is 10.5 Å². The van der Waals surface area contributed by atoms with Crippen LogP contribution in [0.1, 0.15) is 50.4 Å². The van der Waals surface area contributed by atoms with Crippen molar-refractivity contribution in [1.29, 1.82) is 0 Å². The summed E-state index contributed by atoms with van der Waals surface area (Å²) in [6, 6.07) is 10.1. The van der Waals surface area contributed by atoms with E-state index in [0.29, 0.717) is 23.5 Å². The number of aliphatic hydroxyl groups excluding tert-OH is 1. The van der Waals surface area contributed by atoms with Crippen molar-refractivity contribution in [3.8, 4) is 17.0 Å². The Morgan fingerprint density at radius 3 is 2.39 bits per heavy atom. The fourth-order valence-corrected chi connectivity index (χ4v) is 5.09. The first-order valence-corrected chi connectivity index (χ1v) is 12.8. The Morgan fingerprint density at radius 2 is 1.81 bits per heavy atom. The number of aliphatic hydroxyl groups is 1. The lowest BCUT2D eigenvalue weighted by Crippen LogP contribution is -2.43. The van der Waals surface area contributed by atoms with Crippen molar-refractivity contribution in [3.63, 3.8) is 0 Å². The molecule has 0 bridgehead atoms. The predicted molar refractivity (Wildman–Crippen MR) is 138 cm³/mol. The summed E-state index contributed by atoms with van der Waals surface area (Å²) in [4.78, 5) is 32.9. The predicted octanol–water partition coefficient (Wildman–Crippen LogP) is 2.95. The van der Waals surface area contributed by atoms with Crippen molar-refractivity contribution in [2.75, 3.05) is 32.8 Å². The number of likely N-dealkylation sites (tertiary alicyclic amines) is 2. The van der Waals surface area contributed by atoms with Crippen LogP contribution in [0, 0.1) is 11.3 Å². The van der Waals surface area contributed by atoms with Gasteiger partial charge in [0, 0.05) is 30.6 Å². The van der Waals surface area contributed by atoms with E-state index in [-0.39, 0.29) is 18.9 Å². The summed E-state index contributed by atoms with van der Waals surface area (Å²) in [6.07, 6.45) is 3.49. The minimum atomic E-state index is -0.780. The molecule has 0 unspecified atom stereocenters. The molecule has 0 radical (unpaired) electrons. The van der Waals surface area contributed by atoms with E-state index in [1.165, 1.54) is 4.90 Å². The molecule has 2 aromatic rings. The Balaban J connectivity index is 1.29. The number of piperidine rings is 1. The molecule has 2 aliphatic rings. The molecule has 2 fully saturated rings. The number of carbonyl (C=O) groups excluding carboxylic acids is 2. The Labute approximate surface area is 213 Å². The largest absolute Gasteiger partial charge is 0.492 e. The molecule has 2 saturated heterocycles. The quantitative estimate of drug-likeness (QED) is 0.613. The van der Waals surface area contributed by atoms with Crippen molar-refractivity contribution in [3.05, 3.63) is 48.2 Å². The first kappa shape index (κ1) is 26.1. The van der Waals surface area contributed by atoms with Gasteiger partial charge >= 0.3 is 0 Å². The molecule has 8 heteroatoms. The number of benzene rings is 1. The van der Waals surface area contributed by atoms with Crippen LogP contribution >= 0.6 is 0 Å². The van der Waals surface area contributed by atoms with Gasteiger partial charge in [-0.2, -0.15) is 0 Å². The molecule has 4 rings (SSSR count). The molecule has 194 valence electrons. The highest BCUT2D eigenvalue weighted by atomic mass is 16.5. The van der Waals surface area contributed by atoms with E-state index in [2.05, 4.69) is 30.7 Å². The number of nitrogens with zero attached hydrogens (tertiary/aromatic N) is 3. The molecule has 2 atom stereocenters. The van der Waals surface area contributed by atoms with Crippen molar-refractivity contribution < 1.29 is 19.4 Å². The van der Waals surface area contributed by atoms with Gasteiger partial charge in [-0.25, -0.2) is 0 Å². The Bertz CT molecular complexity index is 1040. The van der Waals surface area contributed by atoms with Gasteiger partial charge in [0.15, 0.2) is 0 Å². The summed E-state index contributed by atoms with van der Waals surface area (Å²) < 4.78 is 6.03. The van der Waals surface area contributed by atoms with Crippen LogP contribution < -0.4 is 10.5 Å². The molecule has 1 aromatic heterocycles. The van der Waals surface area contributed by atoms with Crippen LogP contribution in [0.25, 0.3) is 11.3 Å². The van der Waals surface area contributed by atoms with E-state index in [1.807, 2.05) is 24.3 Å². The lowest BCUT2D eigenvalue weighted by molar-refractivity contribution is -0.121. The second-order valence-electron chi connectivity index (χ2n) is 11.3. The van der Waals surface area contributed by atoms with Gasteiger partial charge in [-0.3, -0.25) is 14.6 Å². The normalized spacial score (nSPS) is 21.5. The summed E-state index contributed by atoms with van der Waals surface area (Å²) in [6.45, 7) is 11.1. The highest BCUT2D eigenvalue weighted by molar-refractivity contribution is 5.98. The monoisotopic (exact) mass is 494 g/mol. The van der Waals surface area contributed by atoms with Crippen LogP contribution in [-0.4, -0.2) is 76.6 Å². The molecule has 3 heterocycles. The summed E-state index contributed by atoms with van der Waals surface area (Å²) in [7, 11) is 0. The van der Waals surface area contributed by atoms with Crippen LogP contribution in [0.2, 0.25) is 0 Å². The third-order valence-electron chi connectivity index (χ3n) is 6.92. The van der Waals surface area contributed by atoms with Crippen molar-refractivity contribution in [1.82, 2.24) is 14.8 Å². The minimum Gasteiger partial charge on any atom is -0.492 e. The standard InChI is InChI=1S/C28H38N4O4/c1-28(2,3)18-31-12-10-19(11-13-31)17-36-23-8-9-24(30-15-23)20-4-6-21(7-5-20)27(35)32-16-22(33)14-25(32)26(29)34/h4-9,15,19,22,25,33H,10-14,16-18H2,1-3H3,(H2,29,34)/t22-,25+/m1/s1. The number of carbonyl (C=O) groups is 2. The van der Waals surface area contributed by atoms with Gasteiger partial charge < -0.3 is 25.4 Å². The van der Waals surface area contributed by atoms with Crippen LogP contribution in [0.5, 0.6) is 5.75 Å². The third-order valence-corrected chi connectivity index (χ3v) is 6.92. The number of primary amides is 1. The van der Waals surface area contributed by atoms with E-state index in [9.17, 15) is 14.7 Å². The van der Waals surface area contributed by atoms with Gasteiger partial charge in [0.05, 0.1) is 24.6 Å². The highest BCUT2D eigenvalue weighted by Crippen LogP contribution is 2.25. The number of hydrogen-bond donors (Lipinski definition) is 2. The van der Waals surface area contributed by atoms with E-state index in [0.717, 1.165) is 49.5 Å². The third kappa shape index (κ3) is 6.62. The Morgan fingerprint density at radius 1 is 1.11 bits per heavy atom. The van der Waals surface area contributed by atoms with Crippen LogP contribution in [0.15, 0.2) is 42.6 Å². The van der Waals surface area contributed by atoms with Gasteiger partial charge in [0.1, 0.15) is 11.8 Å². The zero-order valence-electron chi connectivity index (χ0n) is 21.5. The van der Waals surface area contributed by atoms with E-state index >= 15 is 0 Å². The lowest BCUT2D eigenvalue weighted by Gasteiger charge is -2.35. The molecular formula is C28H38N4O4. The second kappa shape index (κ2) is 11.0. The lowest BCUT2D eigenvalue weighted by atomic mass is 9.92. The maximum absolute atomic E-state index is 12.9. The van der Waals surface area contributed by atoms with Crippen LogP contribution in [-0.2, 0) is 4.79 Å². The second-order valence-corrected chi connectivity index (χ2v) is 11.3. The van der Waals surface area contributed by atoms with Gasteiger partial charge in [-0.1, -0.05) is 32.9 Å². The maximum Gasteiger partial charge on any atom is 0.254 e. The van der Waals surface area contributed by atoms with Gasteiger partial charge in [0.2, 0.25) is 5.91 Å². The topological polar surface area (TPSA) is 109 Å². The fraction of sp³-hybridized carbons (Fsp3) is 0.536. The first-order valence-electron chi connectivity index (χ1n) is 12.8. The van der Waals surface area contributed by atoms with Gasteiger partial charge in [-0.15, -0.1) is 0 Å². The SMILES string of the molecule is CC(C)(C)CN1CCC(COc2ccc(-c3ccc(C(=O)N4C[C@H](O)C[C@H]4C(N)=O)cc3)nc2)CC1. The summed E-state index contributed by atoms with van der Waals surface area (Å²) in [5.41, 5.74) is 7.83. The smallest absolute Gasteiger partial charge is 0.254 e. The number of ether oxygens (including phenoxy) is 1. The zero-order valence-corrected chi connectivity index (χ0v) is 21.5. The molecule has 2 aliphatic heterocycles. The number of nitrogens with two attached hydrogens (primary N) is 1. The number of hydrogen-bond acceptors (Lipinski definition) is 6. The van der Waals surface area contributed by atoms with Crippen LogP contribution in [0.3, 0.4) is 0 Å². The van der Waals surface area contributed by atoms with Gasteiger partial charge in [-0.05, 0) is 61.5 Å². The fourth-order valence-electron chi connectivity index (χ4n) is 5.09. The zero-order chi connectivity index (χ0) is 25.9. The molecule has 0 aliphatic carbocycles. The van der Waals surface area contributed by atoms with Crippen LogP contribution in [0.4, 0.5) is 0 Å². The number of aromatic nitrogens is 1. The number of β-amino-alcohol motifs (C(OH)–C–C–N with tert-alkyl or cyclic N) is 1. The van der Waals surface area contributed by atoms with Crippen molar-refractivity contribution in [2.24, 2.45) is 17.1 Å². The molecule has 8 nitrogen and oxygen atoms in total. The van der Waals surface area contributed by atoms with Crippen molar-refractivity contribution >= 4 is 11.8 Å². The first-order chi connectivity index (χ1) is 17.1. The summed E-state index contributed by atoms with van der Waals surface area (Å²) in [5.74, 6) is 0.404. The van der Waals surface area contributed by atoms with E-state index in [1.54, 1.807) is 18.3 Å². The number of pyridine rings is 1. The summed E-state index contributed by atoms with van der Waals surface area (Å²) in [5, 5.41) is 9.87. The molecule has 0 spiro atoms. The van der Waals surface area contributed by atoms with Gasteiger partial charge in [0.25, 0.3) is 5.91 Å². The molecule has 0 saturated carbocycles. The Hall–Kier alpha value is -2.97. The minimum absolute atomic E-state index is 0.104. The molecule has 3 N–H and O–H groups in total. The maximum atomic E-state index is 12.9. The average Bonchev–Trinajstić information content (AvgIpc) is 3.25. The molecule has 2 amide bonds. The molecule has 1 aromatic carbocycles. The number of amides is 2. The highest BCUT2D eigenvalue weighted by Gasteiger charge is 2.38. The van der Waals surface area contributed by atoms with E-state index < -0.39 is 18.1 Å². The molecular weight excluding hydrogens is 456 g/mol.